The average Bonchev–Trinajstić information content (AvgIpc) is 3.38. The predicted molar refractivity (Wildman–Crippen MR) is 112 cm³/mol. The molecule has 1 saturated heterocycles. The van der Waals surface area contributed by atoms with Crippen molar-refractivity contribution in [3.63, 3.8) is 0 Å². The zero-order chi connectivity index (χ0) is 16.3. The lowest BCUT2D eigenvalue weighted by molar-refractivity contribution is 0.123. The van der Waals surface area contributed by atoms with Crippen molar-refractivity contribution in [2.75, 3.05) is 53.0 Å². The summed E-state index contributed by atoms with van der Waals surface area (Å²) in [5.41, 5.74) is 0. The van der Waals surface area contributed by atoms with Gasteiger partial charge in [-0.25, -0.2) is 0 Å². The summed E-state index contributed by atoms with van der Waals surface area (Å²) in [7, 11) is 1.84. The molecule has 5 nitrogen and oxygen atoms in total. The maximum absolute atomic E-state index is 5.65. The van der Waals surface area contributed by atoms with Crippen LogP contribution in [0.3, 0.4) is 0 Å². The van der Waals surface area contributed by atoms with E-state index in [1.807, 2.05) is 7.05 Å². The maximum Gasteiger partial charge on any atom is 0.190 e. The van der Waals surface area contributed by atoms with Crippen molar-refractivity contribution in [3.05, 3.63) is 0 Å². The Kier molecular flexibility index (Phi) is 12.0. The highest BCUT2D eigenvalue weighted by Crippen LogP contribution is 2.28. The lowest BCUT2D eigenvalue weighted by Gasteiger charge is -2.29. The minimum atomic E-state index is 0. The van der Waals surface area contributed by atoms with Gasteiger partial charge in [0.05, 0.1) is 0 Å². The lowest BCUT2D eigenvalue weighted by Crippen LogP contribution is -2.42. The number of nitrogens with one attached hydrogen (secondary N) is 2. The van der Waals surface area contributed by atoms with Crippen LogP contribution in [0.2, 0.25) is 0 Å². The molecule has 2 N–H and O–H groups in total. The van der Waals surface area contributed by atoms with E-state index in [0.29, 0.717) is 5.92 Å². The minimum Gasteiger partial charge on any atom is -0.381 e. The molecule has 0 bridgehead atoms. The quantitative estimate of drug-likeness (QED) is 0.232. The highest BCUT2D eigenvalue weighted by molar-refractivity contribution is 14.0. The summed E-state index contributed by atoms with van der Waals surface area (Å²) in [5, 5.41) is 6.83. The molecule has 1 heterocycles. The highest BCUT2D eigenvalue weighted by Gasteiger charge is 2.20. The summed E-state index contributed by atoms with van der Waals surface area (Å²) in [6.45, 7) is 9.78. The Balaban J connectivity index is 0.00000288. The summed E-state index contributed by atoms with van der Waals surface area (Å²) in [5.74, 6) is 2.42. The summed E-state index contributed by atoms with van der Waals surface area (Å²) < 4.78 is 5.65. The molecule has 1 aliphatic carbocycles. The van der Waals surface area contributed by atoms with Crippen LogP contribution < -0.4 is 10.6 Å². The molecule has 2 rings (SSSR count). The SMILES string of the molecule is CN=C(NCCCOCC1CC1)NCC(C)CN1CCCCC1.I. The Morgan fingerprint density at radius 2 is 1.96 bits per heavy atom. The highest BCUT2D eigenvalue weighted by atomic mass is 127. The Morgan fingerprint density at radius 1 is 1.21 bits per heavy atom. The molecule has 0 radical (unpaired) electrons. The van der Waals surface area contributed by atoms with Crippen LogP contribution in [-0.4, -0.2) is 63.8 Å². The Hall–Kier alpha value is -0.0800. The van der Waals surface area contributed by atoms with Crippen LogP contribution in [-0.2, 0) is 4.74 Å². The molecule has 2 fully saturated rings. The number of hydrogen-bond acceptors (Lipinski definition) is 3. The van der Waals surface area contributed by atoms with Gasteiger partial charge in [-0.2, -0.15) is 0 Å². The van der Waals surface area contributed by atoms with Crippen LogP contribution in [0.15, 0.2) is 4.99 Å². The van der Waals surface area contributed by atoms with E-state index in [4.69, 9.17) is 4.74 Å². The van der Waals surface area contributed by atoms with Gasteiger partial charge in [-0.05, 0) is 57.0 Å². The third kappa shape index (κ3) is 10.0. The molecule has 1 aliphatic heterocycles. The first kappa shape index (κ1) is 22.0. The molecule has 0 aromatic rings. The molecule has 0 aromatic heterocycles. The number of likely N-dealkylation sites (tertiary alicyclic amines) is 1. The van der Waals surface area contributed by atoms with Gasteiger partial charge in [-0.3, -0.25) is 4.99 Å². The van der Waals surface area contributed by atoms with Crippen molar-refractivity contribution in [2.45, 2.75) is 45.4 Å². The fourth-order valence-electron chi connectivity index (χ4n) is 3.05. The van der Waals surface area contributed by atoms with Gasteiger partial charge in [-0.1, -0.05) is 13.3 Å². The molecule has 0 aromatic carbocycles. The van der Waals surface area contributed by atoms with E-state index in [1.54, 1.807) is 0 Å². The molecule has 6 heteroatoms. The van der Waals surface area contributed by atoms with E-state index in [-0.39, 0.29) is 24.0 Å². The molecule has 1 unspecified atom stereocenters. The van der Waals surface area contributed by atoms with E-state index in [0.717, 1.165) is 44.6 Å². The maximum atomic E-state index is 5.65. The van der Waals surface area contributed by atoms with Crippen molar-refractivity contribution in [1.29, 1.82) is 0 Å². The molecular formula is C18H37IN4O. The van der Waals surface area contributed by atoms with E-state index in [1.165, 1.54) is 51.7 Å². The van der Waals surface area contributed by atoms with E-state index < -0.39 is 0 Å². The first-order chi connectivity index (χ1) is 11.3. The molecule has 0 amide bonds. The van der Waals surface area contributed by atoms with Crippen LogP contribution in [0.5, 0.6) is 0 Å². The first-order valence-corrected chi connectivity index (χ1v) is 9.52. The van der Waals surface area contributed by atoms with E-state index in [9.17, 15) is 0 Å². The summed E-state index contributed by atoms with van der Waals surface area (Å²) >= 11 is 0. The third-order valence-corrected chi connectivity index (χ3v) is 4.67. The number of piperidine rings is 1. The van der Waals surface area contributed by atoms with Gasteiger partial charge in [0.15, 0.2) is 5.96 Å². The topological polar surface area (TPSA) is 48.9 Å². The second-order valence-electron chi connectivity index (χ2n) is 7.22. The fourth-order valence-corrected chi connectivity index (χ4v) is 3.05. The molecule has 2 aliphatic rings. The number of guanidine groups is 1. The largest absolute Gasteiger partial charge is 0.381 e. The zero-order valence-electron chi connectivity index (χ0n) is 15.6. The number of aliphatic imine (C=N–C) groups is 1. The van der Waals surface area contributed by atoms with Crippen molar-refractivity contribution >= 4 is 29.9 Å². The molecule has 1 saturated carbocycles. The van der Waals surface area contributed by atoms with Gasteiger partial charge in [0, 0.05) is 39.9 Å². The zero-order valence-corrected chi connectivity index (χ0v) is 17.9. The fraction of sp³-hybridized carbons (Fsp3) is 0.944. The molecule has 142 valence electrons. The standard InChI is InChI=1S/C18H36N4O.HI/c1-16(14-22-10-4-3-5-11-22)13-21-18(19-2)20-9-6-12-23-15-17-7-8-17;/h16-17H,3-15H2,1-2H3,(H2,19,20,21);1H. The first-order valence-electron chi connectivity index (χ1n) is 9.52. The van der Waals surface area contributed by atoms with Gasteiger partial charge in [0.1, 0.15) is 0 Å². The van der Waals surface area contributed by atoms with Crippen molar-refractivity contribution in [1.82, 2.24) is 15.5 Å². The molecule has 1 atom stereocenters. The number of ether oxygens (including phenoxy) is 1. The summed E-state index contributed by atoms with van der Waals surface area (Å²) in [6.07, 6.45) is 7.91. The van der Waals surface area contributed by atoms with Crippen LogP contribution in [0, 0.1) is 11.8 Å². The Bertz CT molecular complexity index is 344. The monoisotopic (exact) mass is 452 g/mol. The van der Waals surface area contributed by atoms with Gasteiger partial charge >= 0.3 is 0 Å². The van der Waals surface area contributed by atoms with Gasteiger partial charge in [0.25, 0.3) is 0 Å². The Morgan fingerprint density at radius 3 is 2.62 bits per heavy atom. The van der Waals surface area contributed by atoms with Gasteiger partial charge in [0.2, 0.25) is 0 Å². The summed E-state index contributed by atoms with van der Waals surface area (Å²) in [6, 6.07) is 0. The van der Waals surface area contributed by atoms with Crippen molar-refractivity contribution in [2.24, 2.45) is 16.8 Å². The van der Waals surface area contributed by atoms with Crippen molar-refractivity contribution in [3.8, 4) is 0 Å². The van der Waals surface area contributed by atoms with Crippen LogP contribution in [0.1, 0.15) is 45.4 Å². The molecular weight excluding hydrogens is 415 g/mol. The van der Waals surface area contributed by atoms with Gasteiger partial charge in [-0.15, -0.1) is 24.0 Å². The number of halogens is 1. The van der Waals surface area contributed by atoms with Crippen LogP contribution >= 0.6 is 24.0 Å². The average molecular weight is 452 g/mol. The normalized spacial score (nSPS) is 20.3. The third-order valence-electron chi connectivity index (χ3n) is 4.67. The second kappa shape index (κ2) is 13.2. The van der Waals surface area contributed by atoms with Crippen LogP contribution in [0.25, 0.3) is 0 Å². The Labute approximate surface area is 165 Å². The number of rotatable bonds is 10. The number of hydrogen-bond donors (Lipinski definition) is 2. The summed E-state index contributed by atoms with van der Waals surface area (Å²) in [4.78, 5) is 6.90. The minimum absolute atomic E-state index is 0. The van der Waals surface area contributed by atoms with E-state index >= 15 is 0 Å². The lowest BCUT2D eigenvalue weighted by atomic mass is 10.1. The molecule has 24 heavy (non-hydrogen) atoms. The predicted octanol–water partition coefficient (Wildman–Crippen LogP) is 2.71. The molecule has 0 spiro atoms. The second-order valence-corrected chi connectivity index (χ2v) is 7.22. The number of nitrogens with zero attached hydrogens (tertiary/aromatic N) is 2. The van der Waals surface area contributed by atoms with Crippen LogP contribution in [0.4, 0.5) is 0 Å². The van der Waals surface area contributed by atoms with Gasteiger partial charge < -0.3 is 20.3 Å². The van der Waals surface area contributed by atoms with Crippen molar-refractivity contribution < 1.29 is 4.74 Å². The van der Waals surface area contributed by atoms with E-state index in [2.05, 4.69) is 27.4 Å². The smallest absolute Gasteiger partial charge is 0.190 e.